The number of amides is 1. The molecule has 0 aromatic heterocycles. The van der Waals surface area contributed by atoms with E-state index in [1.54, 1.807) is 24.8 Å². The number of thioether (sulfide) groups is 1. The molecule has 6 nitrogen and oxygen atoms in total. The number of likely N-dealkylation sites (N-methyl/N-ethyl adjacent to an activating group) is 1. The van der Waals surface area contributed by atoms with Crippen molar-refractivity contribution < 1.29 is 9.72 Å². The predicted octanol–water partition coefficient (Wildman–Crippen LogP) is 4.00. The monoisotopic (exact) mass is 373 g/mol. The van der Waals surface area contributed by atoms with Gasteiger partial charge in [-0.2, -0.15) is 0 Å². The molecule has 0 unspecified atom stereocenters. The van der Waals surface area contributed by atoms with E-state index in [1.165, 1.54) is 11.0 Å². The Balaban J connectivity index is 2.04. The molecule has 0 heterocycles. The highest BCUT2D eigenvalue weighted by Gasteiger charge is 2.20. The molecule has 0 radical (unpaired) electrons. The zero-order chi connectivity index (χ0) is 19.3. The zero-order valence-electron chi connectivity index (χ0n) is 15.4. The molecule has 138 valence electrons. The molecular formula is C19H23N3O3S. The van der Waals surface area contributed by atoms with Crippen molar-refractivity contribution in [1.82, 2.24) is 4.90 Å². The molecule has 7 heteroatoms. The largest absolute Gasteiger partial charge is 0.319 e. The van der Waals surface area contributed by atoms with Crippen molar-refractivity contribution in [3.05, 3.63) is 63.2 Å². The van der Waals surface area contributed by atoms with Crippen LogP contribution in [0.5, 0.6) is 0 Å². The third-order valence-corrected chi connectivity index (χ3v) is 4.94. The molecule has 0 aliphatic rings. The minimum atomic E-state index is -0.473. The lowest BCUT2D eigenvalue weighted by molar-refractivity contribution is -0.384. The second-order valence-electron chi connectivity index (χ2n) is 6.23. The highest BCUT2D eigenvalue weighted by atomic mass is 32.2. The normalized spacial score (nSPS) is 10.8. The van der Waals surface area contributed by atoms with Gasteiger partial charge in [0, 0.05) is 17.5 Å². The summed E-state index contributed by atoms with van der Waals surface area (Å²) in [6, 6.07) is 11.3. The Kier molecular flexibility index (Phi) is 6.76. The quantitative estimate of drug-likeness (QED) is 0.451. The van der Waals surface area contributed by atoms with E-state index in [-0.39, 0.29) is 23.8 Å². The summed E-state index contributed by atoms with van der Waals surface area (Å²) in [5.74, 6) is -0.273. The number of hydrogen-bond acceptors (Lipinski definition) is 5. The van der Waals surface area contributed by atoms with Crippen LogP contribution in [-0.4, -0.2) is 35.6 Å². The number of carbonyl (C=O) groups is 1. The third-order valence-electron chi connectivity index (χ3n) is 4.20. The minimum absolute atomic E-state index is 0.0863. The van der Waals surface area contributed by atoms with E-state index in [0.29, 0.717) is 12.1 Å². The van der Waals surface area contributed by atoms with Crippen molar-refractivity contribution in [3.8, 4) is 0 Å². The second kappa shape index (κ2) is 8.82. The molecule has 2 aromatic carbocycles. The highest BCUT2D eigenvalue weighted by Crippen LogP contribution is 2.30. The molecule has 2 aromatic rings. The summed E-state index contributed by atoms with van der Waals surface area (Å²) >= 11 is 1.68. The maximum atomic E-state index is 12.4. The highest BCUT2D eigenvalue weighted by molar-refractivity contribution is 7.98. The molecule has 1 N–H and O–H groups in total. The van der Waals surface area contributed by atoms with Crippen LogP contribution >= 0.6 is 11.8 Å². The fraction of sp³-hybridized carbons (Fsp3) is 0.316. The first-order valence-electron chi connectivity index (χ1n) is 8.17. The van der Waals surface area contributed by atoms with Crippen LogP contribution in [-0.2, 0) is 11.3 Å². The zero-order valence-corrected chi connectivity index (χ0v) is 16.2. The maximum absolute atomic E-state index is 12.4. The molecule has 0 aliphatic heterocycles. The summed E-state index contributed by atoms with van der Waals surface area (Å²) in [4.78, 5) is 26.2. The van der Waals surface area contributed by atoms with Crippen molar-refractivity contribution in [2.24, 2.45) is 0 Å². The van der Waals surface area contributed by atoms with Gasteiger partial charge in [-0.25, -0.2) is 0 Å². The van der Waals surface area contributed by atoms with E-state index in [2.05, 4.69) is 5.32 Å². The standard InChI is InChI=1S/C19H23N3O3S/c1-13-5-10-17(22(24)25)19(14(13)2)20-18(23)12-21(3)11-15-6-8-16(26-4)9-7-15/h5-10H,11-12H2,1-4H3,(H,20,23). The van der Waals surface area contributed by atoms with Gasteiger partial charge >= 0.3 is 0 Å². The van der Waals surface area contributed by atoms with E-state index in [4.69, 9.17) is 0 Å². The van der Waals surface area contributed by atoms with E-state index in [0.717, 1.165) is 11.1 Å². The van der Waals surface area contributed by atoms with Crippen molar-refractivity contribution in [3.63, 3.8) is 0 Å². The number of hydrogen-bond donors (Lipinski definition) is 1. The Labute approximate surface area is 157 Å². The van der Waals surface area contributed by atoms with Crippen molar-refractivity contribution >= 4 is 29.0 Å². The fourth-order valence-corrected chi connectivity index (χ4v) is 3.04. The Morgan fingerprint density at radius 1 is 1.19 bits per heavy atom. The van der Waals surface area contributed by atoms with Crippen LogP contribution in [0, 0.1) is 24.0 Å². The number of nitro groups is 1. The van der Waals surface area contributed by atoms with Crippen LogP contribution in [0.4, 0.5) is 11.4 Å². The van der Waals surface area contributed by atoms with Gasteiger partial charge in [-0.3, -0.25) is 19.8 Å². The van der Waals surface area contributed by atoms with Crippen LogP contribution < -0.4 is 5.32 Å². The third kappa shape index (κ3) is 5.06. The van der Waals surface area contributed by atoms with Crippen molar-refractivity contribution in [2.45, 2.75) is 25.3 Å². The van der Waals surface area contributed by atoms with Crippen LogP contribution in [0.3, 0.4) is 0 Å². The molecule has 2 rings (SSSR count). The Morgan fingerprint density at radius 3 is 2.42 bits per heavy atom. The van der Waals surface area contributed by atoms with Crippen molar-refractivity contribution in [1.29, 1.82) is 0 Å². The summed E-state index contributed by atoms with van der Waals surface area (Å²) in [5.41, 5.74) is 2.90. The predicted molar refractivity (Wildman–Crippen MR) is 106 cm³/mol. The molecule has 26 heavy (non-hydrogen) atoms. The molecule has 0 saturated carbocycles. The van der Waals surface area contributed by atoms with E-state index in [9.17, 15) is 14.9 Å². The smallest absolute Gasteiger partial charge is 0.293 e. The number of nitro benzene ring substituents is 1. The van der Waals surface area contributed by atoms with Gasteiger partial charge < -0.3 is 5.32 Å². The van der Waals surface area contributed by atoms with Gasteiger partial charge in [-0.05, 0) is 56.0 Å². The van der Waals surface area contributed by atoms with Gasteiger partial charge in [-0.15, -0.1) is 11.8 Å². The first-order valence-corrected chi connectivity index (χ1v) is 9.40. The van der Waals surface area contributed by atoms with Gasteiger partial charge in [0.05, 0.1) is 11.5 Å². The summed E-state index contributed by atoms with van der Waals surface area (Å²) in [6.07, 6.45) is 2.03. The number of benzene rings is 2. The minimum Gasteiger partial charge on any atom is -0.319 e. The number of anilines is 1. The topological polar surface area (TPSA) is 75.5 Å². The van der Waals surface area contributed by atoms with Crippen LogP contribution in [0.25, 0.3) is 0 Å². The molecule has 0 saturated heterocycles. The number of carbonyl (C=O) groups excluding carboxylic acids is 1. The lowest BCUT2D eigenvalue weighted by Crippen LogP contribution is -2.30. The lowest BCUT2D eigenvalue weighted by atomic mass is 10.1. The Hall–Kier alpha value is -2.38. The molecule has 0 spiro atoms. The first-order chi connectivity index (χ1) is 12.3. The average Bonchev–Trinajstić information content (AvgIpc) is 2.59. The Bertz CT molecular complexity index is 806. The number of nitrogens with zero attached hydrogens (tertiary/aromatic N) is 2. The summed E-state index contributed by atoms with van der Waals surface area (Å²) in [5, 5.41) is 13.9. The maximum Gasteiger partial charge on any atom is 0.293 e. The molecule has 0 bridgehead atoms. The van der Waals surface area contributed by atoms with Crippen LogP contribution in [0.2, 0.25) is 0 Å². The van der Waals surface area contributed by atoms with E-state index in [1.807, 2.05) is 49.4 Å². The Morgan fingerprint density at radius 2 is 1.85 bits per heavy atom. The summed E-state index contributed by atoms with van der Waals surface area (Å²) in [6.45, 7) is 4.40. The van der Waals surface area contributed by atoms with Gasteiger partial charge in [0.2, 0.25) is 5.91 Å². The van der Waals surface area contributed by atoms with Crippen molar-refractivity contribution in [2.75, 3.05) is 25.2 Å². The van der Waals surface area contributed by atoms with Gasteiger partial charge in [0.15, 0.2) is 0 Å². The first kappa shape index (κ1) is 19.9. The average molecular weight is 373 g/mol. The molecule has 0 fully saturated rings. The van der Waals surface area contributed by atoms with E-state index >= 15 is 0 Å². The van der Waals surface area contributed by atoms with E-state index < -0.39 is 4.92 Å². The van der Waals surface area contributed by atoms with Gasteiger partial charge in [0.25, 0.3) is 5.69 Å². The SMILES string of the molecule is CSc1ccc(CN(C)CC(=O)Nc2c([N+](=O)[O-])ccc(C)c2C)cc1. The number of rotatable bonds is 7. The second-order valence-corrected chi connectivity index (χ2v) is 7.11. The van der Waals surface area contributed by atoms with Gasteiger partial charge in [0.1, 0.15) is 5.69 Å². The molecule has 1 amide bonds. The fourth-order valence-electron chi connectivity index (χ4n) is 2.63. The van der Waals surface area contributed by atoms with Crippen LogP contribution in [0.15, 0.2) is 41.3 Å². The lowest BCUT2D eigenvalue weighted by Gasteiger charge is -2.17. The number of nitrogens with one attached hydrogen (secondary N) is 1. The van der Waals surface area contributed by atoms with Gasteiger partial charge in [-0.1, -0.05) is 18.2 Å². The molecule has 0 aliphatic carbocycles. The molecule has 0 atom stereocenters. The molecular weight excluding hydrogens is 350 g/mol. The summed E-state index contributed by atoms with van der Waals surface area (Å²) in [7, 11) is 1.85. The summed E-state index contributed by atoms with van der Waals surface area (Å²) < 4.78 is 0. The number of aryl methyl sites for hydroxylation is 1. The van der Waals surface area contributed by atoms with Crippen LogP contribution in [0.1, 0.15) is 16.7 Å².